The Morgan fingerprint density at radius 3 is 2.50 bits per heavy atom. The van der Waals surface area contributed by atoms with E-state index in [9.17, 15) is 14.4 Å². The maximum atomic E-state index is 13.9. The summed E-state index contributed by atoms with van der Waals surface area (Å²) in [6, 6.07) is -0.748. The molecule has 0 aromatic rings. The molecule has 4 rings (SSSR count). The fourth-order valence-corrected chi connectivity index (χ4v) is 6.05. The quantitative estimate of drug-likeness (QED) is 0.386. The summed E-state index contributed by atoms with van der Waals surface area (Å²) < 4.78 is 6.59. The number of hydrogen-bond acceptors (Lipinski definition) is 5. The largest absolute Gasteiger partial charge is 0.396 e. The van der Waals surface area contributed by atoms with Crippen LogP contribution in [-0.2, 0) is 19.1 Å². The van der Waals surface area contributed by atoms with Crippen molar-refractivity contribution in [3.05, 3.63) is 24.3 Å². The molecule has 34 heavy (non-hydrogen) atoms. The number of likely N-dealkylation sites (tertiary alicyclic amines) is 1. The number of unbranched alkanes of at least 4 members (excludes halogenated alkanes) is 5. The van der Waals surface area contributed by atoms with Gasteiger partial charge in [-0.15, -0.1) is 0 Å². The molecule has 3 amide bonds. The third-order valence-electron chi connectivity index (χ3n) is 7.78. The molecule has 0 aliphatic carbocycles. The van der Waals surface area contributed by atoms with Crippen LogP contribution in [0.4, 0.5) is 0 Å². The van der Waals surface area contributed by atoms with Gasteiger partial charge >= 0.3 is 0 Å². The van der Waals surface area contributed by atoms with Crippen molar-refractivity contribution >= 4 is 17.7 Å². The number of carbonyl (C=O) groups is 3. The number of fused-ring (bicyclic) bond motifs is 2. The fourth-order valence-electron chi connectivity index (χ4n) is 6.05. The first-order chi connectivity index (χ1) is 16.5. The number of aliphatic hydroxyl groups is 1. The Balaban J connectivity index is 1.66. The molecule has 2 saturated heterocycles. The molecule has 4 aliphatic rings. The van der Waals surface area contributed by atoms with Crippen LogP contribution in [-0.4, -0.2) is 95.1 Å². The highest BCUT2D eigenvalue weighted by atomic mass is 16.5. The van der Waals surface area contributed by atoms with Crippen LogP contribution < -0.4 is 0 Å². The Morgan fingerprint density at radius 2 is 1.74 bits per heavy atom. The summed E-state index contributed by atoms with van der Waals surface area (Å²) in [6.45, 7) is 4.38. The zero-order chi connectivity index (χ0) is 24.3. The average Bonchev–Trinajstić information content (AvgIpc) is 3.14. The number of nitrogens with zero attached hydrogens (tertiary/aromatic N) is 3. The van der Waals surface area contributed by atoms with E-state index in [0.29, 0.717) is 26.2 Å². The lowest BCUT2D eigenvalue weighted by Gasteiger charge is -2.35. The second-order valence-electron chi connectivity index (χ2n) is 10.1. The highest BCUT2D eigenvalue weighted by molar-refractivity contribution is 5.99. The summed E-state index contributed by atoms with van der Waals surface area (Å²) >= 11 is 0. The minimum atomic E-state index is -1.12. The number of hydrogen-bond donors (Lipinski definition) is 1. The molecule has 1 spiro atoms. The molecule has 2 fully saturated rings. The molecule has 8 nitrogen and oxygen atoms in total. The van der Waals surface area contributed by atoms with Gasteiger partial charge in [-0.2, -0.15) is 0 Å². The summed E-state index contributed by atoms with van der Waals surface area (Å²) in [5, 5.41) is 9.06. The van der Waals surface area contributed by atoms with Gasteiger partial charge in [-0.05, 0) is 19.3 Å². The van der Waals surface area contributed by atoms with Crippen molar-refractivity contribution in [1.82, 2.24) is 14.7 Å². The van der Waals surface area contributed by atoms with Crippen molar-refractivity contribution in [3.8, 4) is 0 Å². The first-order valence-corrected chi connectivity index (χ1v) is 12.9. The topological polar surface area (TPSA) is 90.4 Å². The predicted octanol–water partition coefficient (Wildman–Crippen LogP) is 1.74. The molecule has 1 N–H and O–H groups in total. The molecule has 0 radical (unpaired) electrons. The number of amides is 3. The summed E-state index contributed by atoms with van der Waals surface area (Å²) in [5.74, 6) is -1.65. The summed E-state index contributed by atoms with van der Waals surface area (Å²) in [7, 11) is 1.75. The summed E-state index contributed by atoms with van der Waals surface area (Å²) in [5.41, 5.74) is -1.12. The van der Waals surface area contributed by atoms with E-state index < -0.39 is 29.6 Å². The maximum Gasteiger partial charge on any atom is 0.249 e. The van der Waals surface area contributed by atoms with Gasteiger partial charge in [0.25, 0.3) is 0 Å². The lowest BCUT2D eigenvalue weighted by atomic mass is 9.77. The van der Waals surface area contributed by atoms with Crippen LogP contribution in [0.25, 0.3) is 0 Å². The van der Waals surface area contributed by atoms with Crippen LogP contribution >= 0.6 is 0 Å². The molecule has 4 aliphatic heterocycles. The zero-order valence-electron chi connectivity index (χ0n) is 20.5. The van der Waals surface area contributed by atoms with Crippen LogP contribution in [0.5, 0.6) is 0 Å². The van der Waals surface area contributed by atoms with E-state index in [-0.39, 0.29) is 24.3 Å². The molecule has 8 heteroatoms. The smallest absolute Gasteiger partial charge is 0.249 e. The third-order valence-corrected chi connectivity index (χ3v) is 7.78. The molecule has 1 unspecified atom stereocenters. The van der Waals surface area contributed by atoms with Gasteiger partial charge in [-0.3, -0.25) is 14.4 Å². The van der Waals surface area contributed by atoms with Crippen molar-refractivity contribution in [1.29, 1.82) is 0 Å². The first-order valence-electron chi connectivity index (χ1n) is 12.9. The van der Waals surface area contributed by atoms with Gasteiger partial charge in [0.15, 0.2) is 0 Å². The molecule has 5 atom stereocenters. The van der Waals surface area contributed by atoms with E-state index in [1.165, 1.54) is 0 Å². The third kappa shape index (κ3) is 4.31. The minimum Gasteiger partial charge on any atom is -0.396 e. The number of carbonyl (C=O) groups excluding carboxylic acids is 3. The molecule has 0 aromatic carbocycles. The Kier molecular flexibility index (Phi) is 7.77. The number of likely N-dealkylation sites (N-methyl/N-ethyl adjacent to an activating group) is 1. The first kappa shape index (κ1) is 24.9. The number of aliphatic hydroxyl groups excluding tert-OH is 1. The predicted molar refractivity (Wildman–Crippen MR) is 128 cm³/mol. The minimum absolute atomic E-state index is 0.0754. The van der Waals surface area contributed by atoms with Crippen LogP contribution in [0.15, 0.2) is 24.3 Å². The van der Waals surface area contributed by atoms with Crippen LogP contribution in [0, 0.1) is 11.8 Å². The molecule has 0 aromatic heterocycles. The average molecular weight is 474 g/mol. The van der Waals surface area contributed by atoms with Gasteiger partial charge in [0.1, 0.15) is 11.6 Å². The highest BCUT2D eigenvalue weighted by Crippen LogP contribution is 2.53. The summed E-state index contributed by atoms with van der Waals surface area (Å²) in [4.78, 5) is 46.4. The molecule has 4 heterocycles. The Labute approximate surface area is 202 Å². The van der Waals surface area contributed by atoms with Gasteiger partial charge in [-0.25, -0.2) is 0 Å². The Bertz CT molecular complexity index is 842. The van der Waals surface area contributed by atoms with E-state index in [4.69, 9.17) is 9.84 Å². The normalized spacial score (nSPS) is 32.7. The van der Waals surface area contributed by atoms with Gasteiger partial charge in [0.05, 0.1) is 17.9 Å². The van der Waals surface area contributed by atoms with Crippen molar-refractivity contribution in [2.24, 2.45) is 11.8 Å². The maximum absolute atomic E-state index is 13.9. The van der Waals surface area contributed by atoms with E-state index in [2.05, 4.69) is 6.92 Å². The standard InChI is InChI=1S/C26H39N3O5/c1-3-4-7-15-28-16-11-13-26-21(20-19(34-26)12-10-14-27(2)23(20)31)24(32)29(22(26)25(28)33)17-8-5-6-9-18-30/h10-13,19-22,30H,3-9,14-18H2,1-2H3/t19-,20+,21+,22?,26+/m1/s1. The van der Waals surface area contributed by atoms with E-state index in [1.807, 2.05) is 29.2 Å². The monoisotopic (exact) mass is 473 g/mol. The van der Waals surface area contributed by atoms with Gasteiger partial charge in [-0.1, -0.05) is 56.9 Å². The number of rotatable bonds is 10. The lowest BCUT2D eigenvalue weighted by Crippen LogP contribution is -2.55. The van der Waals surface area contributed by atoms with Crippen molar-refractivity contribution in [2.45, 2.75) is 69.6 Å². The summed E-state index contributed by atoms with van der Waals surface area (Å²) in [6.07, 6.45) is 13.4. The van der Waals surface area contributed by atoms with Crippen molar-refractivity contribution in [2.75, 3.05) is 39.8 Å². The molecule has 0 bridgehead atoms. The second kappa shape index (κ2) is 10.6. The van der Waals surface area contributed by atoms with E-state index in [0.717, 1.165) is 44.9 Å². The van der Waals surface area contributed by atoms with E-state index in [1.54, 1.807) is 16.8 Å². The number of ether oxygens (including phenoxy) is 1. The molecule has 0 saturated carbocycles. The van der Waals surface area contributed by atoms with Gasteiger partial charge < -0.3 is 24.5 Å². The highest BCUT2D eigenvalue weighted by Gasteiger charge is 2.71. The Morgan fingerprint density at radius 1 is 0.971 bits per heavy atom. The molecule has 188 valence electrons. The molecular weight excluding hydrogens is 434 g/mol. The lowest BCUT2D eigenvalue weighted by molar-refractivity contribution is -0.148. The van der Waals surface area contributed by atoms with Gasteiger partial charge in [0.2, 0.25) is 17.7 Å². The van der Waals surface area contributed by atoms with Crippen molar-refractivity contribution < 1.29 is 24.2 Å². The van der Waals surface area contributed by atoms with Gasteiger partial charge in [0, 0.05) is 39.8 Å². The Hall–Kier alpha value is -2.19. The molecular formula is C26H39N3O5. The van der Waals surface area contributed by atoms with Crippen LogP contribution in [0.3, 0.4) is 0 Å². The van der Waals surface area contributed by atoms with Crippen LogP contribution in [0.1, 0.15) is 51.9 Å². The fraction of sp³-hybridized carbons (Fsp3) is 0.731. The van der Waals surface area contributed by atoms with Crippen molar-refractivity contribution in [3.63, 3.8) is 0 Å². The zero-order valence-corrected chi connectivity index (χ0v) is 20.5. The SMILES string of the molecule is CCCCCN1CC=C[C@]23O[C@@H]4C=CCN(C)C(=O)[C@@H]4[C@H]2C(=O)N(CCCCCCO)C3C1=O. The van der Waals surface area contributed by atoms with Crippen LogP contribution in [0.2, 0.25) is 0 Å². The second-order valence-corrected chi connectivity index (χ2v) is 10.1. The van der Waals surface area contributed by atoms with E-state index >= 15 is 0 Å².